The van der Waals surface area contributed by atoms with E-state index in [4.69, 9.17) is 16.3 Å². The van der Waals surface area contributed by atoms with Gasteiger partial charge in [-0.25, -0.2) is 5.43 Å². The van der Waals surface area contributed by atoms with Gasteiger partial charge < -0.3 is 4.74 Å². The van der Waals surface area contributed by atoms with Crippen LogP contribution in [0.25, 0.3) is 0 Å². The number of benzene rings is 2. The first-order valence-corrected chi connectivity index (χ1v) is 9.12. The first kappa shape index (κ1) is 19.6. The van der Waals surface area contributed by atoms with Crippen molar-refractivity contribution in [3.8, 4) is 5.75 Å². The molecule has 7 heteroatoms. The van der Waals surface area contributed by atoms with Crippen molar-refractivity contribution in [2.24, 2.45) is 5.10 Å². The number of halogens is 1. The number of hydrogen-bond donors (Lipinski definition) is 1. The second-order valence-electron chi connectivity index (χ2n) is 6.26. The fourth-order valence-electron chi connectivity index (χ4n) is 2.80. The van der Waals surface area contributed by atoms with Crippen LogP contribution in [-0.4, -0.2) is 29.0 Å². The Labute approximate surface area is 168 Å². The lowest BCUT2D eigenvalue weighted by atomic mass is 10.2. The molecule has 1 amide bonds. The normalized spacial score (nSPS) is 11.0. The number of nitrogens with one attached hydrogen (secondary N) is 1. The summed E-state index contributed by atoms with van der Waals surface area (Å²) in [5.41, 5.74) is 6.66. The average molecular weight is 397 g/mol. The van der Waals surface area contributed by atoms with E-state index in [2.05, 4.69) is 15.6 Å². The van der Waals surface area contributed by atoms with Crippen LogP contribution in [0.1, 0.15) is 32.9 Å². The van der Waals surface area contributed by atoms with Crippen molar-refractivity contribution in [3.63, 3.8) is 0 Å². The molecule has 0 unspecified atom stereocenters. The summed E-state index contributed by atoms with van der Waals surface area (Å²) in [6.45, 7) is 4.44. The van der Waals surface area contributed by atoms with Crippen LogP contribution in [-0.2, 0) is 6.54 Å². The van der Waals surface area contributed by atoms with Gasteiger partial charge in [0, 0.05) is 21.8 Å². The monoisotopic (exact) mass is 396 g/mol. The second-order valence-corrected chi connectivity index (χ2v) is 6.67. The van der Waals surface area contributed by atoms with Gasteiger partial charge in [0.25, 0.3) is 5.91 Å². The molecule has 3 aromatic rings. The fourth-order valence-corrected chi connectivity index (χ4v) is 3.00. The van der Waals surface area contributed by atoms with Crippen LogP contribution >= 0.6 is 11.6 Å². The van der Waals surface area contributed by atoms with Crippen molar-refractivity contribution in [1.29, 1.82) is 0 Å². The highest BCUT2D eigenvalue weighted by molar-refractivity contribution is 6.31. The average Bonchev–Trinajstić information content (AvgIpc) is 2.97. The SMILES string of the molecule is COc1ccc(C(=O)N/N=C/c2c(C)nn(Cc3ccccc3Cl)c2C)cc1. The van der Waals surface area contributed by atoms with E-state index in [0.717, 1.165) is 22.5 Å². The molecule has 0 saturated carbocycles. The minimum Gasteiger partial charge on any atom is -0.497 e. The van der Waals surface area contributed by atoms with Crippen LogP contribution in [0.3, 0.4) is 0 Å². The third kappa shape index (κ3) is 4.40. The molecule has 0 saturated heterocycles. The molecule has 0 aliphatic rings. The molecule has 28 heavy (non-hydrogen) atoms. The highest BCUT2D eigenvalue weighted by atomic mass is 35.5. The Morgan fingerprint density at radius 1 is 1.21 bits per heavy atom. The van der Waals surface area contributed by atoms with Gasteiger partial charge in [0.2, 0.25) is 0 Å². The van der Waals surface area contributed by atoms with E-state index in [9.17, 15) is 4.79 Å². The molecule has 6 nitrogen and oxygen atoms in total. The van der Waals surface area contributed by atoms with Gasteiger partial charge in [0.1, 0.15) is 5.75 Å². The number of amides is 1. The number of carbonyl (C=O) groups is 1. The topological polar surface area (TPSA) is 68.5 Å². The van der Waals surface area contributed by atoms with E-state index < -0.39 is 0 Å². The number of aryl methyl sites for hydroxylation is 1. The van der Waals surface area contributed by atoms with E-state index in [0.29, 0.717) is 22.9 Å². The van der Waals surface area contributed by atoms with Gasteiger partial charge in [-0.2, -0.15) is 10.2 Å². The number of hydrazone groups is 1. The number of aromatic nitrogens is 2. The zero-order valence-electron chi connectivity index (χ0n) is 15.9. The lowest BCUT2D eigenvalue weighted by molar-refractivity contribution is 0.0955. The first-order valence-electron chi connectivity index (χ1n) is 8.74. The summed E-state index contributed by atoms with van der Waals surface area (Å²) in [7, 11) is 1.58. The quantitative estimate of drug-likeness (QED) is 0.506. The van der Waals surface area contributed by atoms with Gasteiger partial charge in [0.05, 0.1) is 25.6 Å². The first-order chi connectivity index (χ1) is 13.5. The molecular weight excluding hydrogens is 376 g/mol. The Morgan fingerprint density at radius 3 is 2.61 bits per heavy atom. The predicted molar refractivity (Wildman–Crippen MR) is 110 cm³/mol. The fraction of sp³-hybridized carbons (Fsp3) is 0.190. The van der Waals surface area contributed by atoms with Gasteiger partial charge in [-0.1, -0.05) is 29.8 Å². The molecule has 3 rings (SSSR count). The van der Waals surface area contributed by atoms with Gasteiger partial charge in [-0.3, -0.25) is 9.48 Å². The number of rotatable bonds is 6. The summed E-state index contributed by atoms with van der Waals surface area (Å²) in [5.74, 6) is 0.398. The zero-order valence-corrected chi connectivity index (χ0v) is 16.7. The molecule has 0 bridgehead atoms. The van der Waals surface area contributed by atoms with E-state index in [-0.39, 0.29) is 5.91 Å². The largest absolute Gasteiger partial charge is 0.497 e. The molecule has 0 aliphatic heterocycles. The van der Waals surface area contributed by atoms with E-state index >= 15 is 0 Å². The molecule has 1 heterocycles. The summed E-state index contributed by atoms with van der Waals surface area (Å²) >= 11 is 6.25. The van der Waals surface area contributed by atoms with E-state index in [1.807, 2.05) is 42.8 Å². The number of methoxy groups -OCH3 is 1. The van der Waals surface area contributed by atoms with Crippen molar-refractivity contribution >= 4 is 23.7 Å². The van der Waals surface area contributed by atoms with Gasteiger partial charge >= 0.3 is 0 Å². The molecule has 0 fully saturated rings. The summed E-state index contributed by atoms with van der Waals surface area (Å²) in [5, 5.41) is 9.35. The minimum atomic E-state index is -0.294. The summed E-state index contributed by atoms with van der Waals surface area (Å²) in [6, 6.07) is 14.5. The Balaban J connectivity index is 1.70. The molecule has 0 radical (unpaired) electrons. The number of ether oxygens (including phenoxy) is 1. The summed E-state index contributed by atoms with van der Waals surface area (Å²) in [6.07, 6.45) is 1.61. The van der Waals surface area contributed by atoms with Gasteiger partial charge in [0.15, 0.2) is 0 Å². The lowest BCUT2D eigenvalue weighted by Crippen LogP contribution is -2.17. The number of hydrogen-bond acceptors (Lipinski definition) is 4. The van der Waals surface area contributed by atoms with Crippen LogP contribution in [0.4, 0.5) is 0 Å². The third-order valence-corrected chi connectivity index (χ3v) is 4.80. The highest BCUT2D eigenvalue weighted by Crippen LogP contribution is 2.18. The smallest absolute Gasteiger partial charge is 0.271 e. The highest BCUT2D eigenvalue weighted by Gasteiger charge is 2.11. The van der Waals surface area contributed by atoms with Crippen LogP contribution in [0, 0.1) is 13.8 Å². The maximum Gasteiger partial charge on any atom is 0.271 e. The van der Waals surface area contributed by atoms with Crippen LogP contribution in [0.2, 0.25) is 5.02 Å². The second kappa shape index (κ2) is 8.71. The maximum atomic E-state index is 12.2. The van der Waals surface area contributed by atoms with Crippen molar-refractivity contribution in [2.45, 2.75) is 20.4 Å². The minimum absolute atomic E-state index is 0.294. The third-order valence-electron chi connectivity index (χ3n) is 4.43. The van der Waals surface area contributed by atoms with Crippen LogP contribution in [0.5, 0.6) is 5.75 Å². The van der Waals surface area contributed by atoms with Crippen molar-refractivity contribution < 1.29 is 9.53 Å². The van der Waals surface area contributed by atoms with Crippen molar-refractivity contribution in [2.75, 3.05) is 7.11 Å². The zero-order chi connectivity index (χ0) is 20.1. The van der Waals surface area contributed by atoms with Gasteiger partial charge in [-0.05, 0) is 49.7 Å². The van der Waals surface area contributed by atoms with Crippen LogP contribution in [0.15, 0.2) is 53.6 Å². The van der Waals surface area contributed by atoms with Crippen molar-refractivity contribution in [3.05, 3.63) is 81.6 Å². The molecular formula is C21H21ClN4O2. The molecule has 1 N–H and O–H groups in total. The molecule has 144 valence electrons. The summed E-state index contributed by atoms with van der Waals surface area (Å²) < 4.78 is 6.97. The lowest BCUT2D eigenvalue weighted by Gasteiger charge is -2.06. The standard InChI is InChI=1S/C21H21ClN4O2/c1-14-19(12-23-24-21(27)16-8-10-18(28-3)11-9-16)15(2)26(25-14)13-17-6-4-5-7-20(17)22/h4-12H,13H2,1-3H3,(H,24,27)/b23-12+. The molecule has 0 aliphatic carbocycles. The Morgan fingerprint density at radius 2 is 1.93 bits per heavy atom. The Kier molecular flexibility index (Phi) is 6.11. The Bertz CT molecular complexity index is 1010. The molecule has 1 aromatic heterocycles. The Hall–Kier alpha value is -3.12. The number of carbonyl (C=O) groups excluding carboxylic acids is 1. The predicted octanol–water partition coefficient (Wildman–Crippen LogP) is 3.97. The van der Waals surface area contributed by atoms with E-state index in [1.54, 1.807) is 37.6 Å². The van der Waals surface area contributed by atoms with Crippen molar-refractivity contribution in [1.82, 2.24) is 15.2 Å². The molecule has 2 aromatic carbocycles. The van der Waals surface area contributed by atoms with Crippen LogP contribution < -0.4 is 10.2 Å². The maximum absolute atomic E-state index is 12.2. The summed E-state index contributed by atoms with van der Waals surface area (Å²) in [4.78, 5) is 12.2. The molecule has 0 spiro atoms. The number of nitrogens with zero attached hydrogens (tertiary/aromatic N) is 3. The van der Waals surface area contributed by atoms with E-state index in [1.165, 1.54) is 0 Å². The molecule has 0 atom stereocenters. The van der Waals surface area contributed by atoms with Gasteiger partial charge in [-0.15, -0.1) is 0 Å².